The Balaban J connectivity index is 1.63. The largest absolute Gasteiger partial charge is 0.486 e. The lowest BCUT2D eigenvalue weighted by Gasteiger charge is -2.03. The van der Waals surface area contributed by atoms with Gasteiger partial charge < -0.3 is 4.74 Å². The van der Waals surface area contributed by atoms with Gasteiger partial charge in [-0.05, 0) is 36.4 Å². The monoisotopic (exact) mass is 424 g/mol. The van der Waals surface area contributed by atoms with E-state index in [4.69, 9.17) is 27.9 Å². The highest BCUT2D eigenvalue weighted by atomic mass is 35.5. The van der Waals surface area contributed by atoms with Crippen LogP contribution >= 0.6 is 34.5 Å². The number of nitrogens with zero attached hydrogens (tertiary/aromatic N) is 3. The predicted octanol–water partition coefficient (Wildman–Crippen LogP) is 4.58. The number of halogens is 2. The summed E-state index contributed by atoms with van der Waals surface area (Å²) in [6, 6.07) is 10.6. The molecule has 1 N–H and O–H groups in total. The van der Waals surface area contributed by atoms with Crippen molar-refractivity contribution in [3.63, 3.8) is 0 Å². The average molecular weight is 425 g/mol. The minimum Gasteiger partial charge on any atom is -0.486 e. The number of nitrogens with one attached hydrogen (secondary N) is 1. The zero-order valence-electron chi connectivity index (χ0n) is 13.4. The molecule has 0 unspecified atom stereocenters. The van der Waals surface area contributed by atoms with E-state index in [0.29, 0.717) is 15.8 Å². The van der Waals surface area contributed by atoms with E-state index in [-0.39, 0.29) is 28.0 Å². The number of nitro groups is 1. The molecule has 8 nitrogen and oxygen atoms in total. The van der Waals surface area contributed by atoms with E-state index in [1.54, 1.807) is 24.3 Å². The number of nitro benzene ring substituents is 1. The number of hydrogen-bond donors (Lipinski definition) is 1. The summed E-state index contributed by atoms with van der Waals surface area (Å²) in [6.45, 7) is 0.168. The molecule has 0 fully saturated rings. The first-order chi connectivity index (χ1) is 12.9. The number of carbonyl (C=O) groups is 1. The highest BCUT2D eigenvalue weighted by molar-refractivity contribution is 7.15. The Hall–Kier alpha value is -2.75. The van der Waals surface area contributed by atoms with Crippen molar-refractivity contribution < 1.29 is 14.5 Å². The molecule has 0 spiro atoms. The van der Waals surface area contributed by atoms with Crippen LogP contribution in [0.3, 0.4) is 0 Å². The van der Waals surface area contributed by atoms with Gasteiger partial charge >= 0.3 is 0 Å². The van der Waals surface area contributed by atoms with Crippen molar-refractivity contribution >= 4 is 51.3 Å². The van der Waals surface area contributed by atoms with Crippen LogP contribution in [0.4, 0.5) is 10.8 Å². The summed E-state index contributed by atoms with van der Waals surface area (Å²) in [5, 5.41) is 22.6. The number of benzene rings is 2. The van der Waals surface area contributed by atoms with Crippen LogP contribution in [0.15, 0.2) is 42.5 Å². The molecule has 2 aromatic carbocycles. The number of amides is 1. The van der Waals surface area contributed by atoms with E-state index in [9.17, 15) is 14.9 Å². The summed E-state index contributed by atoms with van der Waals surface area (Å²) in [6.07, 6.45) is 0. The van der Waals surface area contributed by atoms with Crippen molar-refractivity contribution in [2.24, 2.45) is 0 Å². The number of hydrogen-bond acceptors (Lipinski definition) is 7. The Labute approximate surface area is 166 Å². The van der Waals surface area contributed by atoms with E-state index in [1.807, 2.05) is 0 Å². The van der Waals surface area contributed by atoms with Crippen LogP contribution in [0.2, 0.25) is 10.0 Å². The molecule has 3 rings (SSSR count). The van der Waals surface area contributed by atoms with E-state index >= 15 is 0 Å². The van der Waals surface area contributed by atoms with Crippen LogP contribution in [-0.4, -0.2) is 21.0 Å². The number of anilines is 1. The lowest BCUT2D eigenvalue weighted by molar-refractivity contribution is -0.384. The molecule has 138 valence electrons. The van der Waals surface area contributed by atoms with Gasteiger partial charge in [0.15, 0.2) is 5.01 Å². The maximum absolute atomic E-state index is 12.2. The van der Waals surface area contributed by atoms with Crippen LogP contribution < -0.4 is 10.1 Å². The molecule has 27 heavy (non-hydrogen) atoms. The van der Waals surface area contributed by atoms with Crippen molar-refractivity contribution in [1.82, 2.24) is 10.2 Å². The lowest BCUT2D eigenvalue weighted by atomic mass is 10.2. The van der Waals surface area contributed by atoms with Crippen molar-refractivity contribution in [2.45, 2.75) is 6.61 Å². The quantitative estimate of drug-likeness (QED) is 0.458. The first kappa shape index (κ1) is 19.0. The second kappa shape index (κ2) is 8.30. The average Bonchev–Trinajstić information content (AvgIpc) is 3.08. The standard InChI is InChI=1S/C16H10Cl2N4O4S/c17-10-2-4-11(5-3-10)26-8-14-20-21-16(27-14)19-15(23)9-1-6-12(18)13(7-9)22(24)25/h1-7H,8H2,(H,19,21,23). The Morgan fingerprint density at radius 3 is 2.63 bits per heavy atom. The van der Waals surface area contributed by atoms with Gasteiger partial charge in [0.25, 0.3) is 11.6 Å². The third-order valence-electron chi connectivity index (χ3n) is 3.27. The van der Waals surface area contributed by atoms with Gasteiger partial charge in [-0.2, -0.15) is 0 Å². The maximum Gasteiger partial charge on any atom is 0.288 e. The van der Waals surface area contributed by atoms with Crippen molar-refractivity contribution in [2.75, 3.05) is 5.32 Å². The summed E-state index contributed by atoms with van der Waals surface area (Å²) in [5.41, 5.74) is -0.265. The third-order valence-corrected chi connectivity index (χ3v) is 4.65. The molecular weight excluding hydrogens is 415 g/mol. The molecule has 1 amide bonds. The maximum atomic E-state index is 12.2. The first-order valence-electron chi connectivity index (χ1n) is 7.38. The van der Waals surface area contributed by atoms with Crippen molar-refractivity contribution in [3.8, 4) is 5.75 Å². The minimum absolute atomic E-state index is 0.0471. The molecular formula is C16H10Cl2N4O4S. The van der Waals surface area contributed by atoms with Gasteiger partial charge in [0.2, 0.25) is 5.13 Å². The molecule has 0 saturated carbocycles. The Kier molecular flexibility index (Phi) is 5.84. The molecule has 0 atom stereocenters. The van der Waals surface area contributed by atoms with E-state index in [1.165, 1.54) is 12.1 Å². The molecule has 0 aliphatic heterocycles. The van der Waals surface area contributed by atoms with Crippen LogP contribution in [0.1, 0.15) is 15.4 Å². The van der Waals surface area contributed by atoms with E-state index < -0.39 is 10.8 Å². The Morgan fingerprint density at radius 1 is 1.19 bits per heavy atom. The van der Waals surface area contributed by atoms with Crippen LogP contribution in [0, 0.1) is 10.1 Å². The summed E-state index contributed by atoms with van der Waals surface area (Å²) < 4.78 is 5.55. The summed E-state index contributed by atoms with van der Waals surface area (Å²) >= 11 is 12.7. The zero-order chi connectivity index (χ0) is 19.4. The first-order valence-corrected chi connectivity index (χ1v) is 8.95. The second-order valence-corrected chi connectivity index (χ2v) is 7.03. The number of ether oxygens (including phenoxy) is 1. The molecule has 1 aromatic heterocycles. The summed E-state index contributed by atoms with van der Waals surface area (Å²) in [4.78, 5) is 22.5. The molecule has 0 aliphatic rings. The number of rotatable bonds is 6. The number of aromatic nitrogens is 2. The predicted molar refractivity (Wildman–Crippen MR) is 102 cm³/mol. The zero-order valence-corrected chi connectivity index (χ0v) is 15.7. The Bertz CT molecular complexity index is 994. The highest BCUT2D eigenvalue weighted by Crippen LogP contribution is 2.26. The normalized spacial score (nSPS) is 10.4. The summed E-state index contributed by atoms with van der Waals surface area (Å²) in [7, 11) is 0. The highest BCUT2D eigenvalue weighted by Gasteiger charge is 2.17. The molecule has 11 heteroatoms. The van der Waals surface area contributed by atoms with Gasteiger partial charge in [0.05, 0.1) is 4.92 Å². The van der Waals surface area contributed by atoms with Crippen LogP contribution in [0.25, 0.3) is 0 Å². The topological polar surface area (TPSA) is 107 Å². The molecule has 3 aromatic rings. The van der Waals surface area contributed by atoms with Gasteiger partial charge in [-0.3, -0.25) is 20.2 Å². The molecule has 0 bridgehead atoms. The third kappa shape index (κ3) is 4.91. The van der Waals surface area contributed by atoms with Crippen molar-refractivity contribution in [1.29, 1.82) is 0 Å². The van der Waals surface area contributed by atoms with E-state index in [2.05, 4.69) is 15.5 Å². The number of carbonyl (C=O) groups excluding carboxylic acids is 1. The van der Waals surface area contributed by atoms with Crippen LogP contribution in [0.5, 0.6) is 5.75 Å². The van der Waals surface area contributed by atoms with E-state index in [0.717, 1.165) is 17.4 Å². The Morgan fingerprint density at radius 2 is 1.93 bits per heavy atom. The minimum atomic E-state index is -0.656. The van der Waals surface area contributed by atoms with Gasteiger partial charge in [-0.15, -0.1) is 10.2 Å². The summed E-state index contributed by atoms with van der Waals surface area (Å²) in [5.74, 6) is 0.0599. The lowest BCUT2D eigenvalue weighted by Crippen LogP contribution is -2.12. The molecule has 1 heterocycles. The fourth-order valence-corrected chi connectivity index (χ4v) is 2.96. The SMILES string of the molecule is O=C(Nc1nnc(COc2ccc(Cl)cc2)s1)c1ccc(Cl)c([N+](=O)[O-])c1. The fourth-order valence-electron chi connectivity index (χ4n) is 2.00. The van der Waals surface area contributed by atoms with Crippen LogP contribution in [-0.2, 0) is 6.61 Å². The molecule has 0 aliphatic carbocycles. The molecule has 0 radical (unpaired) electrons. The van der Waals surface area contributed by atoms with Gasteiger partial charge in [0.1, 0.15) is 17.4 Å². The van der Waals surface area contributed by atoms with Crippen molar-refractivity contribution in [3.05, 3.63) is 73.2 Å². The smallest absolute Gasteiger partial charge is 0.288 e. The van der Waals surface area contributed by atoms with Gasteiger partial charge in [-0.25, -0.2) is 0 Å². The van der Waals surface area contributed by atoms with Gasteiger partial charge in [0, 0.05) is 16.7 Å². The van der Waals surface area contributed by atoms with Gasteiger partial charge in [-0.1, -0.05) is 34.5 Å². The molecule has 0 saturated heterocycles. The second-order valence-electron chi connectivity index (χ2n) is 5.12. The fraction of sp³-hybridized carbons (Fsp3) is 0.0625.